The summed E-state index contributed by atoms with van der Waals surface area (Å²) in [6, 6.07) is 16.9. The molecule has 4 heteroatoms. The van der Waals surface area contributed by atoms with Crippen molar-refractivity contribution in [2.24, 2.45) is 23.2 Å². The van der Waals surface area contributed by atoms with Crippen LogP contribution in [0.5, 0.6) is 5.75 Å². The van der Waals surface area contributed by atoms with Crippen LogP contribution in [0, 0.1) is 23.2 Å². The molecule has 0 aliphatic heterocycles. The molecule has 2 aromatic rings. The molecule has 2 saturated carbocycles. The van der Waals surface area contributed by atoms with Gasteiger partial charge in [-0.15, -0.1) is 0 Å². The maximum atomic E-state index is 13.1. The van der Waals surface area contributed by atoms with Crippen molar-refractivity contribution in [3.8, 4) is 5.75 Å². The molecule has 33 heavy (non-hydrogen) atoms. The third-order valence-corrected chi connectivity index (χ3v) is 8.76. The quantitative estimate of drug-likeness (QED) is 0.552. The molecule has 0 spiro atoms. The first kappa shape index (κ1) is 22.2. The van der Waals surface area contributed by atoms with E-state index in [-0.39, 0.29) is 11.8 Å². The fourth-order valence-electron chi connectivity index (χ4n) is 7.23. The lowest BCUT2D eigenvalue weighted by atomic mass is 9.54. The summed E-state index contributed by atoms with van der Waals surface area (Å²) in [6.07, 6.45) is 6.56. The number of rotatable bonds is 7. The van der Waals surface area contributed by atoms with Crippen molar-refractivity contribution in [3.05, 3.63) is 65.2 Å². The number of fused-ring (bicyclic) bond motifs is 5. The number of aliphatic carboxylic acids is 1. The van der Waals surface area contributed by atoms with Gasteiger partial charge in [0.05, 0.1) is 0 Å². The van der Waals surface area contributed by atoms with Crippen LogP contribution < -0.4 is 4.74 Å². The zero-order valence-corrected chi connectivity index (χ0v) is 19.5. The van der Waals surface area contributed by atoms with E-state index in [4.69, 9.17) is 9.84 Å². The molecule has 5 rings (SSSR count). The molecule has 0 heterocycles. The second-order valence-electron chi connectivity index (χ2n) is 10.6. The van der Waals surface area contributed by atoms with Crippen LogP contribution in [0.4, 0.5) is 0 Å². The Labute approximate surface area is 196 Å². The van der Waals surface area contributed by atoms with Gasteiger partial charge in [-0.3, -0.25) is 9.59 Å². The highest BCUT2D eigenvalue weighted by Gasteiger charge is 2.58. The maximum Gasteiger partial charge on any atom is 0.303 e. The zero-order valence-electron chi connectivity index (χ0n) is 19.5. The summed E-state index contributed by atoms with van der Waals surface area (Å²) in [5.41, 5.74) is 3.80. The first-order chi connectivity index (χ1) is 16.0. The average Bonchev–Trinajstić information content (AvgIpc) is 3.07. The highest BCUT2D eigenvalue weighted by Crippen LogP contribution is 2.62. The summed E-state index contributed by atoms with van der Waals surface area (Å²) in [6.45, 7) is 2.77. The molecule has 3 aliphatic rings. The highest BCUT2D eigenvalue weighted by atomic mass is 16.5. The Balaban J connectivity index is 1.33. The summed E-state index contributed by atoms with van der Waals surface area (Å²) < 4.78 is 6.08. The Morgan fingerprint density at radius 3 is 2.76 bits per heavy atom. The average molecular weight is 447 g/mol. The lowest BCUT2D eigenvalue weighted by Gasteiger charge is -2.50. The number of carbonyl (C=O) groups excluding carboxylic acids is 1. The van der Waals surface area contributed by atoms with Crippen molar-refractivity contribution in [2.45, 2.75) is 70.8 Å². The Morgan fingerprint density at radius 1 is 1.15 bits per heavy atom. The van der Waals surface area contributed by atoms with E-state index in [0.29, 0.717) is 48.9 Å². The lowest BCUT2D eigenvalue weighted by molar-refractivity contribution is -0.137. The first-order valence-electron chi connectivity index (χ1n) is 12.5. The van der Waals surface area contributed by atoms with E-state index in [9.17, 15) is 9.59 Å². The standard InChI is InChI=1S/C29H34O4/c1-29-15-14-24-23-13-11-22(33-18-19-6-3-2-4-7-19)16-20(23)10-12-25(24)28(29)21(17-26(29)30)8-5-9-27(31)32/h2-4,6-7,11,13,16,21,24-25,28H,5,8-10,12,14-15,17-18H2,1H3,(H,31,32)/t21-,24-,25-,28+,29-/m1/s1. The van der Waals surface area contributed by atoms with Gasteiger partial charge in [0.2, 0.25) is 0 Å². The Morgan fingerprint density at radius 2 is 1.97 bits per heavy atom. The summed E-state index contributed by atoms with van der Waals surface area (Å²) in [5.74, 6) is 2.36. The molecule has 174 valence electrons. The minimum atomic E-state index is -0.736. The second kappa shape index (κ2) is 8.96. The van der Waals surface area contributed by atoms with Gasteiger partial charge in [-0.05, 0) is 91.0 Å². The smallest absolute Gasteiger partial charge is 0.303 e. The second-order valence-corrected chi connectivity index (χ2v) is 10.6. The number of carboxylic acid groups (broad SMARTS) is 1. The van der Waals surface area contributed by atoms with Gasteiger partial charge >= 0.3 is 5.97 Å². The molecule has 4 nitrogen and oxygen atoms in total. The molecular weight excluding hydrogens is 412 g/mol. The number of hydrogen-bond acceptors (Lipinski definition) is 3. The predicted octanol–water partition coefficient (Wildman–Crippen LogP) is 6.17. The highest BCUT2D eigenvalue weighted by molar-refractivity contribution is 5.87. The number of carboxylic acids is 1. The Kier molecular flexibility index (Phi) is 6.03. The molecule has 2 aromatic carbocycles. The lowest BCUT2D eigenvalue weighted by Crippen LogP contribution is -2.44. The molecule has 0 unspecified atom stereocenters. The zero-order chi connectivity index (χ0) is 23.0. The number of ether oxygens (including phenoxy) is 1. The van der Waals surface area contributed by atoms with Gasteiger partial charge < -0.3 is 9.84 Å². The van der Waals surface area contributed by atoms with Crippen LogP contribution in [-0.2, 0) is 22.6 Å². The Hall–Kier alpha value is -2.62. The molecule has 0 saturated heterocycles. The van der Waals surface area contributed by atoms with Crippen molar-refractivity contribution < 1.29 is 19.4 Å². The van der Waals surface area contributed by atoms with Crippen LogP contribution in [0.25, 0.3) is 0 Å². The van der Waals surface area contributed by atoms with Gasteiger partial charge in [0.15, 0.2) is 0 Å². The van der Waals surface area contributed by atoms with Crippen LogP contribution in [0.15, 0.2) is 48.5 Å². The van der Waals surface area contributed by atoms with Gasteiger partial charge in [0.25, 0.3) is 0 Å². The minimum absolute atomic E-state index is 0.205. The first-order valence-corrected chi connectivity index (χ1v) is 12.5. The normalized spacial score (nSPS) is 30.3. The topological polar surface area (TPSA) is 63.6 Å². The van der Waals surface area contributed by atoms with E-state index < -0.39 is 5.97 Å². The summed E-state index contributed by atoms with van der Waals surface area (Å²) in [7, 11) is 0. The summed E-state index contributed by atoms with van der Waals surface area (Å²) >= 11 is 0. The molecular formula is C29H34O4. The van der Waals surface area contributed by atoms with Crippen LogP contribution in [0.1, 0.15) is 74.5 Å². The van der Waals surface area contributed by atoms with E-state index in [1.165, 1.54) is 16.7 Å². The van der Waals surface area contributed by atoms with E-state index in [2.05, 4.69) is 37.3 Å². The number of aryl methyl sites for hydroxylation is 1. The fraction of sp³-hybridized carbons (Fsp3) is 0.517. The predicted molar refractivity (Wildman–Crippen MR) is 127 cm³/mol. The van der Waals surface area contributed by atoms with Crippen molar-refractivity contribution in [1.82, 2.24) is 0 Å². The molecule has 3 aliphatic carbocycles. The van der Waals surface area contributed by atoms with Crippen LogP contribution in [0.2, 0.25) is 0 Å². The van der Waals surface area contributed by atoms with E-state index in [1.807, 2.05) is 18.2 Å². The molecule has 0 amide bonds. The van der Waals surface area contributed by atoms with E-state index in [0.717, 1.165) is 37.9 Å². The van der Waals surface area contributed by atoms with Crippen LogP contribution >= 0.6 is 0 Å². The third-order valence-electron chi connectivity index (χ3n) is 8.76. The van der Waals surface area contributed by atoms with Crippen LogP contribution in [0.3, 0.4) is 0 Å². The third kappa shape index (κ3) is 4.20. The van der Waals surface area contributed by atoms with Crippen molar-refractivity contribution in [3.63, 3.8) is 0 Å². The Bertz CT molecular complexity index is 1030. The van der Waals surface area contributed by atoms with Gasteiger partial charge in [0, 0.05) is 18.3 Å². The molecule has 0 bridgehead atoms. The molecule has 5 atom stereocenters. The number of carbonyl (C=O) groups is 2. The van der Waals surface area contributed by atoms with E-state index >= 15 is 0 Å². The SMILES string of the molecule is C[C@]12CC[C@@H]3c4ccc(OCc5ccccc5)cc4CC[C@H]3[C@@H]1[C@H](CCCC(=O)O)CC2=O. The number of hydrogen-bond donors (Lipinski definition) is 1. The van der Waals surface area contributed by atoms with Crippen molar-refractivity contribution >= 4 is 11.8 Å². The van der Waals surface area contributed by atoms with Crippen LogP contribution in [-0.4, -0.2) is 16.9 Å². The maximum absolute atomic E-state index is 13.1. The van der Waals surface area contributed by atoms with Crippen molar-refractivity contribution in [1.29, 1.82) is 0 Å². The number of ketones is 1. The van der Waals surface area contributed by atoms with Gasteiger partial charge in [0.1, 0.15) is 18.1 Å². The monoisotopic (exact) mass is 446 g/mol. The number of Topliss-reactive ketones (excluding diaryl/α,β-unsaturated/α-hetero) is 1. The number of benzene rings is 2. The molecule has 2 fully saturated rings. The summed E-state index contributed by atoms with van der Waals surface area (Å²) in [4.78, 5) is 24.1. The van der Waals surface area contributed by atoms with E-state index in [1.54, 1.807) is 0 Å². The molecule has 0 aromatic heterocycles. The minimum Gasteiger partial charge on any atom is -0.489 e. The molecule has 1 N–H and O–H groups in total. The van der Waals surface area contributed by atoms with Crippen molar-refractivity contribution in [2.75, 3.05) is 0 Å². The largest absolute Gasteiger partial charge is 0.489 e. The van der Waals surface area contributed by atoms with Gasteiger partial charge in [-0.1, -0.05) is 43.3 Å². The molecule has 0 radical (unpaired) electrons. The van der Waals surface area contributed by atoms with Gasteiger partial charge in [-0.25, -0.2) is 0 Å². The fourth-order valence-corrected chi connectivity index (χ4v) is 7.23. The van der Waals surface area contributed by atoms with Gasteiger partial charge in [-0.2, -0.15) is 0 Å². The summed E-state index contributed by atoms with van der Waals surface area (Å²) in [5, 5.41) is 9.07.